The minimum absolute atomic E-state index is 1.30. The first-order valence-corrected chi connectivity index (χ1v) is 12.1. The molecule has 0 aliphatic rings. The van der Waals surface area contributed by atoms with Crippen LogP contribution in [-0.2, 0) is 0 Å². The molecule has 0 spiro atoms. The van der Waals surface area contributed by atoms with Gasteiger partial charge in [0.15, 0.2) is 8.07 Å². The van der Waals surface area contributed by atoms with Gasteiger partial charge in [-0.25, -0.2) is 0 Å². The van der Waals surface area contributed by atoms with Crippen molar-refractivity contribution in [1.29, 1.82) is 0 Å². The van der Waals surface area contributed by atoms with Crippen LogP contribution in [0.3, 0.4) is 0 Å². The highest BCUT2D eigenvalue weighted by Gasteiger charge is 2.42. The highest BCUT2D eigenvalue weighted by molar-refractivity contribution is 7.20. The van der Waals surface area contributed by atoms with Crippen LogP contribution in [0.1, 0.15) is 0 Å². The molecular formula is C28H22Si. The number of hydrogen-bond acceptors (Lipinski definition) is 0. The topological polar surface area (TPSA) is 0 Å². The SMILES string of the molecule is c1ccc([Si](c2ccccc2)(c2ccccc2)c2cccc3ccccc23)cc1. The molecule has 0 saturated carbocycles. The molecule has 0 aliphatic carbocycles. The summed E-state index contributed by atoms with van der Waals surface area (Å²) in [6.07, 6.45) is 0. The van der Waals surface area contributed by atoms with E-state index in [-0.39, 0.29) is 0 Å². The normalized spacial score (nSPS) is 11.4. The maximum absolute atomic E-state index is 2.46. The average Bonchev–Trinajstić information content (AvgIpc) is 2.82. The molecule has 138 valence electrons. The minimum atomic E-state index is -2.46. The number of fused-ring (bicyclic) bond motifs is 1. The molecule has 0 aliphatic heterocycles. The lowest BCUT2D eigenvalue weighted by atomic mass is 10.1. The fraction of sp³-hybridized carbons (Fsp3) is 0. The van der Waals surface area contributed by atoms with Crippen molar-refractivity contribution in [1.82, 2.24) is 0 Å². The Bertz CT molecular complexity index is 1130. The molecule has 5 aromatic rings. The van der Waals surface area contributed by atoms with E-state index >= 15 is 0 Å². The van der Waals surface area contributed by atoms with Crippen molar-refractivity contribution in [2.45, 2.75) is 0 Å². The fourth-order valence-electron chi connectivity index (χ4n) is 4.58. The van der Waals surface area contributed by atoms with E-state index in [1.807, 2.05) is 0 Å². The van der Waals surface area contributed by atoms with E-state index < -0.39 is 8.07 Å². The molecule has 0 aromatic heterocycles. The van der Waals surface area contributed by atoms with Crippen LogP contribution in [0, 0.1) is 0 Å². The Morgan fingerprint density at radius 1 is 0.345 bits per heavy atom. The smallest absolute Gasteiger partial charge is 0.0623 e. The molecule has 0 N–H and O–H groups in total. The maximum atomic E-state index is 2.35. The van der Waals surface area contributed by atoms with Crippen molar-refractivity contribution in [2.75, 3.05) is 0 Å². The summed E-state index contributed by atoms with van der Waals surface area (Å²) in [5.41, 5.74) is 0. The molecule has 0 radical (unpaired) electrons. The summed E-state index contributed by atoms with van der Waals surface area (Å²) < 4.78 is 0. The van der Waals surface area contributed by atoms with Gasteiger partial charge in [-0.3, -0.25) is 0 Å². The molecule has 1 heteroatoms. The van der Waals surface area contributed by atoms with Crippen LogP contribution in [0.4, 0.5) is 0 Å². The number of rotatable bonds is 4. The van der Waals surface area contributed by atoms with Gasteiger partial charge < -0.3 is 0 Å². The van der Waals surface area contributed by atoms with Gasteiger partial charge in [-0.2, -0.15) is 0 Å². The van der Waals surface area contributed by atoms with Crippen molar-refractivity contribution in [3.8, 4) is 0 Å². The Morgan fingerprint density at radius 2 is 0.759 bits per heavy atom. The van der Waals surface area contributed by atoms with Gasteiger partial charge in [-0.1, -0.05) is 133 Å². The maximum Gasteiger partial charge on any atom is 0.180 e. The summed E-state index contributed by atoms with van der Waals surface area (Å²) in [7, 11) is -2.46. The van der Waals surface area contributed by atoms with Crippen LogP contribution < -0.4 is 20.7 Å². The van der Waals surface area contributed by atoms with Gasteiger partial charge >= 0.3 is 0 Å². The lowest BCUT2D eigenvalue weighted by Crippen LogP contribution is -2.74. The van der Waals surface area contributed by atoms with Crippen LogP contribution in [-0.4, -0.2) is 8.07 Å². The Balaban J connectivity index is 1.99. The quantitative estimate of drug-likeness (QED) is 0.320. The van der Waals surface area contributed by atoms with Gasteiger partial charge in [0.25, 0.3) is 0 Å². The molecule has 0 nitrogen and oxygen atoms in total. The largest absolute Gasteiger partial charge is 0.180 e. The van der Waals surface area contributed by atoms with Crippen LogP contribution in [0.15, 0.2) is 133 Å². The summed E-state index contributed by atoms with van der Waals surface area (Å²) in [6, 6.07) is 48.8. The summed E-state index contributed by atoms with van der Waals surface area (Å²) in [4.78, 5) is 0. The van der Waals surface area contributed by atoms with Gasteiger partial charge in [0.2, 0.25) is 0 Å². The number of hydrogen-bond donors (Lipinski definition) is 0. The zero-order chi connectivity index (χ0) is 19.5. The van der Waals surface area contributed by atoms with E-state index in [9.17, 15) is 0 Å². The molecule has 0 amide bonds. The van der Waals surface area contributed by atoms with Crippen LogP contribution in [0.5, 0.6) is 0 Å². The fourth-order valence-corrected chi connectivity index (χ4v) is 9.57. The summed E-state index contributed by atoms with van der Waals surface area (Å²) in [5.74, 6) is 0. The molecule has 0 unspecified atom stereocenters. The van der Waals surface area contributed by atoms with Crippen molar-refractivity contribution in [3.05, 3.63) is 133 Å². The van der Waals surface area contributed by atoms with Crippen molar-refractivity contribution < 1.29 is 0 Å². The van der Waals surface area contributed by atoms with E-state index in [1.54, 1.807) is 0 Å². The first-order chi connectivity index (χ1) is 14.4. The molecule has 0 heterocycles. The van der Waals surface area contributed by atoms with Crippen LogP contribution in [0.25, 0.3) is 10.8 Å². The monoisotopic (exact) mass is 386 g/mol. The van der Waals surface area contributed by atoms with Gasteiger partial charge in [0.1, 0.15) is 0 Å². The Hall–Kier alpha value is -3.42. The highest BCUT2D eigenvalue weighted by Crippen LogP contribution is 2.17. The van der Waals surface area contributed by atoms with E-state index in [0.717, 1.165) is 0 Å². The second-order valence-electron chi connectivity index (χ2n) is 7.37. The summed E-state index contributed by atoms with van der Waals surface area (Å²) in [5, 5.41) is 8.32. The lowest BCUT2D eigenvalue weighted by Gasteiger charge is -2.35. The molecular weight excluding hydrogens is 364 g/mol. The molecule has 0 saturated heterocycles. The Morgan fingerprint density at radius 3 is 1.28 bits per heavy atom. The Kier molecular flexibility index (Phi) is 4.59. The zero-order valence-electron chi connectivity index (χ0n) is 16.2. The van der Waals surface area contributed by atoms with Gasteiger partial charge in [-0.05, 0) is 31.5 Å². The molecule has 0 atom stereocenters. The van der Waals surface area contributed by atoms with Crippen molar-refractivity contribution in [2.24, 2.45) is 0 Å². The molecule has 0 bridgehead atoms. The molecule has 5 aromatic carbocycles. The van der Waals surface area contributed by atoms with Crippen LogP contribution >= 0.6 is 0 Å². The first-order valence-electron chi connectivity index (χ1n) is 10.1. The third-order valence-electron chi connectivity index (χ3n) is 5.81. The first kappa shape index (κ1) is 17.7. The van der Waals surface area contributed by atoms with Crippen LogP contribution in [0.2, 0.25) is 0 Å². The van der Waals surface area contributed by atoms with Crippen molar-refractivity contribution in [3.63, 3.8) is 0 Å². The molecule has 29 heavy (non-hydrogen) atoms. The van der Waals surface area contributed by atoms with E-state index in [1.165, 1.54) is 31.5 Å². The predicted octanol–water partition coefficient (Wildman–Crippen LogP) is 4.22. The third-order valence-corrected chi connectivity index (χ3v) is 10.7. The third kappa shape index (κ3) is 2.91. The van der Waals surface area contributed by atoms with Crippen molar-refractivity contribution >= 4 is 39.6 Å². The summed E-state index contributed by atoms with van der Waals surface area (Å²) in [6.45, 7) is 0. The Labute approximate surface area is 173 Å². The average molecular weight is 387 g/mol. The second kappa shape index (κ2) is 7.54. The molecule has 0 fully saturated rings. The number of benzene rings is 5. The van der Waals surface area contributed by atoms with E-state index in [4.69, 9.17) is 0 Å². The zero-order valence-corrected chi connectivity index (χ0v) is 17.2. The van der Waals surface area contributed by atoms with E-state index in [2.05, 4.69) is 133 Å². The summed E-state index contributed by atoms with van der Waals surface area (Å²) >= 11 is 0. The minimum Gasteiger partial charge on any atom is -0.0623 e. The van der Waals surface area contributed by atoms with Gasteiger partial charge in [0, 0.05) is 0 Å². The predicted molar refractivity (Wildman–Crippen MR) is 128 cm³/mol. The van der Waals surface area contributed by atoms with Gasteiger partial charge in [0.05, 0.1) is 0 Å². The molecule has 5 rings (SSSR count). The highest BCUT2D eigenvalue weighted by atomic mass is 28.3. The van der Waals surface area contributed by atoms with E-state index in [0.29, 0.717) is 0 Å². The lowest BCUT2D eigenvalue weighted by molar-refractivity contribution is 1.67. The standard InChI is InChI=1S/C28H22Si/c1-4-15-24(16-5-1)29(25-17-6-2-7-18-25,26-19-8-3-9-20-26)28-22-12-14-23-13-10-11-21-27(23)28/h1-22H. The second-order valence-corrected chi connectivity index (χ2v) is 11.1. The van der Waals surface area contributed by atoms with Gasteiger partial charge in [-0.15, -0.1) is 0 Å².